The molecule has 0 bridgehead atoms. The molecule has 5 heteroatoms. The van der Waals surface area contributed by atoms with Crippen molar-refractivity contribution in [2.45, 2.75) is 22.5 Å². The Hall–Kier alpha value is -1.98. The summed E-state index contributed by atoms with van der Waals surface area (Å²) in [4.78, 5) is 13.4. The second-order valence-corrected chi connectivity index (χ2v) is 7.43. The van der Waals surface area contributed by atoms with Crippen LogP contribution in [0.5, 0.6) is 0 Å². The van der Waals surface area contributed by atoms with E-state index < -0.39 is 0 Å². The zero-order valence-corrected chi connectivity index (χ0v) is 14.4. The van der Waals surface area contributed by atoms with Gasteiger partial charge in [-0.25, -0.2) is 4.79 Å². The number of urea groups is 1. The van der Waals surface area contributed by atoms with E-state index in [2.05, 4.69) is 22.8 Å². The molecule has 0 atom stereocenters. The standard InChI is InChI=1S/C19H22N2O2S/c22-18(21-16-7-3-1-4-8-16)20-15-19(11-13-23-14-12-19)24-17-9-5-2-6-10-17/h1-10H,11-15H2,(H2,20,21,22). The van der Waals surface area contributed by atoms with Crippen LogP contribution in [0.2, 0.25) is 0 Å². The van der Waals surface area contributed by atoms with Gasteiger partial charge in [-0.2, -0.15) is 0 Å². The summed E-state index contributed by atoms with van der Waals surface area (Å²) >= 11 is 1.84. The average Bonchev–Trinajstić information content (AvgIpc) is 2.63. The molecule has 3 rings (SSSR count). The van der Waals surface area contributed by atoms with Gasteiger partial charge in [0.1, 0.15) is 0 Å². The van der Waals surface area contributed by atoms with Gasteiger partial charge in [0, 0.05) is 35.1 Å². The molecule has 1 fully saturated rings. The van der Waals surface area contributed by atoms with Crippen LogP contribution in [0.25, 0.3) is 0 Å². The molecule has 1 heterocycles. The Labute approximate surface area is 147 Å². The first kappa shape index (κ1) is 16.9. The first-order chi connectivity index (χ1) is 11.8. The predicted octanol–water partition coefficient (Wildman–Crippen LogP) is 4.15. The molecule has 2 N–H and O–H groups in total. The van der Waals surface area contributed by atoms with E-state index in [1.807, 2.05) is 60.3 Å². The quantitative estimate of drug-likeness (QED) is 0.858. The maximum Gasteiger partial charge on any atom is 0.319 e. The zero-order chi connectivity index (χ0) is 16.7. The molecule has 1 aliphatic heterocycles. The van der Waals surface area contributed by atoms with Crippen LogP contribution in [0.1, 0.15) is 12.8 Å². The highest BCUT2D eigenvalue weighted by Crippen LogP contribution is 2.40. The molecule has 0 aromatic heterocycles. The number of ether oxygens (including phenoxy) is 1. The summed E-state index contributed by atoms with van der Waals surface area (Å²) in [6, 6.07) is 19.7. The summed E-state index contributed by atoms with van der Waals surface area (Å²) in [6.45, 7) is 2.10. The van der Waals surface area contributed by atoms with Crippen molar-refractivity contribution < 1.29 is 9.53 Å². The molecule has 126 valence electrons. The monoisotopic (exact) mass is 342 g/mol. The van der Waals surface area contributed by atoms with Crippen molar-refractivity contribution in [2.75, 3.05) is 25.1 Å². The van der Waals surface area contributed by atoms with E-state index in [1.54, 1.807) is 0 Å². The first-order valence-corrected chi connectivity index (χ1v) is 8.99. The Morgan fingerprint density at radius 1 is 1.00 bits per heavy atom. The van der Waals surface area contributed by atoms with Gasteiger partial charge in [0.05, 0.1) is 0 Å². The number of anilines is 1. The number of nitrogens with one attached hydrogen (secondary N) is 2. The molecule has 2 aromatic rings. The third-order valence-corrected chi connectivity index (χ3v) is 5.58. The van der Waals surface area contributed by atoms with Crippen molar-refractivity contribution in [2.24, 2.45) is 0 Å². The number of carbonyl (C=O) groups is 1. The molecule has 2 amide bonds. The summed E-state index contributed by atoms with van der Waals surface area (Å²) in [7, 11) is 0. The Bertz CT molecular complexity index is 643. The largest absolute Gasteiger partial charge is 0.381 e. The van der Waals surface area contributed by atoms with Gasteiger partial charge in [-0.05, 0) is 37.1 Å². The van der Waals surface area contributed by atoms with Crippen LogP contribution in [0.15, 0.2) is 65.6 Å². The zero-order valence-electron chi connectivity index (χ0n) is 13.5. The Morgan fingerprint density at radius 2 is 1.62 bits per heavy atom. The van der Waals surface area contributed by atoms with Gasteiger partial charge in [-0.1, -0.05) is 36.4 Å². The van der Waals surface area contributed by atoms with E-state index in [1.165, 1.54) is 4.90 Å². The minimum atomic E-state index is -0.166. The van der Waals surface area contributed by atoms with E-state index >= 15 is 0 Å². The fourth-order valence-corrected chi connectivity index (χ4v) is 4.04. The van der Waals surface area contributed by atoms with Crippen LogP contribution in [0.3, 0.4) is 0 Å². The smallest absolute Gasteiger partial charge is 0.319 e. The van der Waals surface area contributed by atoms with Gasteiger partial charge < -0.3 is 15.4 Å². The molecule has 24 heavy (non-hydrogen) atoms. The lowest BCUT2D eigenvalue weighted by atomic mass is 9.99. The van der Waals surface area contributed by atoms with Crippen molar-refractivity contribution in [3.63, 3.8) is 0 Å². The molecule has 2 aromatic carbocycles. The summed E-state index contributed by atoms with van der Waals surface area (Å²) in [5.41, 5.74) is 0.798. The van der Waals surface area contributed by atoms with Gasteiger partial charge in [0.15, 0.2) is 0 Å². The molecule has 1 saturated heterocycles. The number of rotatable bonds is 5. The van der Waals surface area contributed by atoms with Crippen molar-refractivity contribution >= 4 is 23.5 Å². The lowest BCUT2D eigenvalue weighted by Gasteiger charge is -2.36. The van der Waals surface area contributed by atoms with Crippen LogP contribution in [0.4, 0.5) is 10.5 Å². The molecule has 4 nitrogen and oxygen atoms in total. The molecule has 0 radical (unpaired) electrons. The summed E-state index contributed by atoms with van der Waals surface area (Å²) < 4.78 is 5.50. The predicted molar refractivity (Wildman–Crippen MR) is 98.5 cm³/mol. The van der Waals surface area contributed by atoms with Crippen LogP contribution >= 0.6 is 11.8 Å². The van der Waals surface area contributed by atoms with Crippen molar-refractivity contribution in [3.05, 3.63) is 60.7 Å². The minimum absolute atomic E-state index is 0.0202. The second kappa shape index (κ2) is 8.22. The first-order valence-electron chi connectivity index (χ1n) is 8.18. The normalized spacial score (nSPS) is 16.3. The van der Waals surface area contributed by atoms with E-state index in [9.17, 15) is 4.79 Å². The molecule has 0 aliphatic carbocycles. The molecule has 0 spiro atoms. The Balaban J connectivity index is 1.61. The van der Waals surface area contributed by atoms with Crippen molar-refractivity contribution in [1.82, 2.24) is 5.32 Å². The number of benzene rings is 2. The van der Waals surface area contributed by atoms with Crippen LogP contribution < -0.4 is 10.6 Å². The van der Waals surface area contributed by atoms with Gasteiger partial charge in [-0.3, -0.25) is 0 Å². The lowest BCUT2D eigenvalue weighted by Crippen LogP contribution is -2.45. The number of para-hydroxylation sites is 1. The SMILES string of the molecule is O=C(NCC1(Sc2ccccc2)CCOCC1)Nc1ccccc1. The fraction of sp³-hybridized carbons (Fsp3) is 0.316. The maximum absolute atomic E-state index is 12.2. The highest BCUT2D eigenvalue weighted by Gasteiger charge is 2.34. The van der Waals surface area contributed by atoms with Gasteiger partial charge >= 0.3 is 6.03 Å². The molecular weight excluding hydrogens is 320 g/mol. The van der Waals surface area contributed by atoms with Crippen molar-refractivity contribution in [1.29, 1.82) is 0 Å². The molecule has 0 unspecified atom stereocenters. The summed E-state index contributed by atoms with van der Waals surface area (Å²) in [6.07, 6.45) is 1.86. The fourth-order valence-electron chi connectivity index (χ4n) is 2.74. The van der Waals surface area contributed by atoms with E-state index in [-0.39, 0.29) is 10.8 Å². The summed E-state index contributed by atoms with van der Waals surface area (Å²) in [5, 5.41) is 5.91. The number of carbonyl (C=O) groups excluding carboxylic acids is 1. The van der Waals surface area contributed by atoms with Crippen LogP contribution in [0, 0.1) is 0 Å². The van der Waals surface area contributed by atoms with E-state index in [4.69, 9.17) is 4.74 Å². The number of thioether (sulfide) groups is 1. The highest BCUT2D eigenvalue weighted by atomic mass is 32.2. The molecule has 1 aliphatic rings. The van der Waals surface area contributed by atoms with Gasteiger partial charge in [0.2, 0.25) is 0 Å². The van der Waals surface area contributed by atoms with E-state index in [0.29, 0.717) is 6.54 Å². The second-order valence-electron chi connectivity index (χ2n) is 5.88. The number of amides is 2. The Kier molecular flexibility index (Phi) is 5.77. The minimum Gasteiger partial charge on any atom is -0.381 e. The highest BCUT2D eigenvalue weighted by molar-refractivity contribution is 8.00. The molecule has 0 saturated carbocycles. The third kappa shape index (κ3) is 4.76. The van der Waals surface area contributed by atoms with Crippen LogP contribution in [-0.4, -0.2) is 30.5 Å². The Morgan fingerprint density at radius 3 is 2.29 bits per heavy atom. The third-order valence-electron chi connectivity index (χ3n) is 4.08. The molecular formula is C19H22N2O2S. The number of hydrogen-bond acceptors (Lipinski definition) is 3. The lowest BCUT2D eigenvalue weighted by molar-refractivity contribution is 0.0777. The maximum atomic E-state index is 12.2. The topological polar surface area (TPSA) is 50.4 Å². The number of hydrogen-bond donors (Lipinski definition) is 2. The van der Waals surface area contributed by atoms with E-state index in [0.717, 1.165) is 31.7 Å². The van der Waals surface area contributed by atoms with Gasteiger partial charge in [0.25, 0.3) is 0 Å². The van der Waals surface area contributed by atoms with Crippen LogP contribution in [-0.2, 0) is 4.74 Å². The summed E-state index contributed by atoms with van der Waals surface area (Å²) in [5.74, 6) is 0. The average molecular weight is 342 g/mol. The van der Waals surface area contributed by atoms with Gasteiger partial charge in [-0.15, -0.1) is 11.8 Å². The van der Waals surface area contributed by atoms with Crippen molar-refractivity contribution in [3.8, 4) is 0 Å².